The van der Waals surface area contributed by atoms with Crippen molar-refractivity contribution in [3.05, 3.63) is 22.8 Å². The molecule has 0 fully saturated rings. The van der Waals surface area contributed by atoms with Gasteiger partial charge in [-0.3, -0.25) is 0 Å². The van der Waals surface area contributed by atoms with E-state index in [1.165, 1.54) is 0 Å². The smallest absolute Gasteiger partial charge is 0.214 e. The van der Waals surface area contributed by atoms with Crippen molar-refractivity contribution in [3.63, 3.8) is 0 Å². The fourth-order valence-corrected chi connectivity index (χ4v) is 1.41. The van der Waals surface area contributed by atoms with E-state index in [9.17, 15) is 0 Å². The third-order valence-corrected chi connectivity index (χ3v) is 2.29. The van der Waals surface area contributed by atoms with E-state index in [0.29, 0.717) is 11.0 Å². The van der Waals surface area contributed by atoms with Crippen molar-refractivity contribution >= 4 is 11.6 Å². The molecule has 0 aliphatic carbocycles. The summed E-state index contributed by atoms with van der Waals surface area (Å²) in [5.41, 5.74) is 1.00. The summed E-state index contributed by atoms with van der Waals surface area (Å²) in [5, 5.41) is 9.12. The Balaban J connectivity index is 2.59. The lowest BCUT2D eigenvalue weighted by Gasteiger charge is -2.04. The predicted molar refractivity (Wildman–Crippen MR) is 55.8 cm³/mol. The van der Waals surface area contributed by atoms with Crippen LogP contribution in [0.2, 0.25) is 5.15 Å². The average Bonchev–Trinajstić information content (AvgIpc) is 2.20. The van der Waals surface area contributed by atoms with E-state index in [4.69, 9.17) is 21.4 Å². The SMILES string of the molecule is COc1ccc(CCCCO)c(Cl)n1. The van der Waals surface area contributed by atoms with Crippen molar-refractivity contribution in [1.29, 1.82) is 0 Å². The maximum absolute atomic E-state index is 8.63. The molecule has 4 heteroatoms. The van der Waals surface area contributed by atoms with Gasteiger partial charge in [0.2, 0.25) is 5.88 Å². The molecule has 0 aliphatic rings. The predicted octanol–water partition coefficient (Wildman–Crippen LogP) is 2.06. The molecule has 3 nitrogen and oxygen atoms in total. The van der Waals surface area contributed by atoms with Crippen LogP contribution in [0.1, 0.15) is 18.4 Å². The van der Waals surface area contributed by atoms with Crippen LogP contribution in [-0.4, -0.2) is 23.8 Å². The Morgan fingerprint density at radius 1 is 1.43 bits per heavy atom. The minimum absolute atomic E-state index is 0.223. The van der Waals surface area contributed by atoms with E-state index in [1.807, 2.05) is 6.07 Å². The number of hydrogen-bond donors (Lipinski definition) is 1. The Hall–Kier alpha value is -0.800. The summed E-state index contributed by atoms with van der Waals surface area (Å²) < 4.78 is 4.94. The number of hydrogen-bond acceptors (Lipinski definition) is 3. The van der Waals surface area contributed by atoms with E-state index >= 15 is 0 Å². The first kappa shape index (κ1) is 11.3. The topological polar surface area (TPSA) is 42.4 Å². The number of aryl methyl sites for hydroxylation is 1. The van der Waals surface area contributed by atoms with Crippen LogP contribution in [0.25, 0.3) is 0 Å². The van der Waals surface area contributed by atoms with E-state index < -0.39 is 0 Å². The molecule has 0 amide bonds. The van der Waals surface area contributed by atoms with Gasteiger partial charge in [-0.05, 0) is 24.8 Å². The van der Waals surface area contributed by atoms with Gasteiger partial charge in [-0.15, -0.1) is 0 Å². The van der Waals surface area contributed by atoms with Crippen molar-refractivity contribution in [1.82, 2.24) is 4.98 Å². The van der Waals surface area contributed by atoms with Gasteiger partial charge in [0.1, 0.15) is 5.15 Å². The summed E-state index contributed by atoms with van der Waals surface area (Å²) >= 11 is 5.93. The van der Waals surface area contributed by atoms with Crippen LogP contribution in [0.5, 0.6) is 5.88 Å². The van der Waals surface area contributed by atoms with Gasteiger partial charge < -0.3 is 9.84 Å². The van der Waals surface area contributed by atoms with Gasteiger partial charge in [0.15, 0.2) is 0 Å². The van der Waals surface area contributed by atoms with Gasteiger partial charge in [0.05, 0.1) is 7.11 Å². The van der Waals surface area contributed by atoms with E-state index in [1.54, 1.807) is 13.2 Å². The molecule has 0 bridgehead atoms. The second-order valence-corrected chi connectivity index (χ2v) is 3.34. The zero-order valence-electron chi connectivity index (χ0n) is 8.16. The molecule has 0 atom stereocenters. The molecule has 0 saturated heterocycles. The molecule has 1 heterocycles. The zero-order valence-corrected chi connectivity index (χ0v) is 8.92. The number of nitrogens with zero attached hydrogens (tertiary/aromatic N) is 1. The fourth-order valence-electron chi connectivity index (χ4n) is 1.17. The van der Waals surface area contributed by atoms with Gasteiger partial charge in [-0.1, -0.05) is 17.7 Å². The van der Waals surface area contributed by atoms with Crippen molar-refractivity contribution < 1.29 is 9.84 Å². The highest BCUT2D eigenvalue weighted by molar-refractivity contribution is 6.30. The van der Waals surface area contributed by atoms with E-state index in [-0.39, 0.29) is 6.61 Å². The zero-order chi connectivity index (χ0) is 10.4. The lowest BCUT2D eigenvalue weighted by Crippen LogP contribution is -1.94. The largest absolute Gasteiger partial charge is 0.481 e. The molecule has 0 aromatic carbocycles. The van der Waals surface area contributed by atoms with Gasteiger partial charge in [0.25, 0.3) is 0 Å². The molecule has 78 valence electrons. The Morgan fingerprint density at radius 2 is 2.21 bits per heavy atom. The number of rotatable bonds is 5. The van der Waals surface area contributed by atoms with Crippen molar-refractivity contribution in [2.24, 2.45) is 0 Å². The number of aliphatic hydroxyl groups excluding tert-OH is 1. The molecule has 0 saturated carbocycles. The summed E-state index contributed by atoms with van der Waals surface area (Å²) in [6.45, 7) is 0.223. The maximum atomic E-state index is 8.63. The Labute approximate surface area is 88.7 Å². The summed E-state index contributed by atoms with van der Waals surface area (Å²) in [6, 6.07) is 3.70. The summed E-state index contributed by atoms with van der Waals surface area (Å²) in [5.74, 6) is 0.529. The Bertz CT molecular complexity index is 291. The van der Waals surface area contributed by atoms with Crippen LogP contribution in [-0.2, 0) is 6.42 Å². The molecule has 1 aromatic heterocycles. The van der Waals surface area contributed by atoms with Gasteiger partial charge in [-0.2, -0.15) is 0 Å². The molecular weight excluding hydrogens is 202 g/mol. The number of methoxy groups -OCH3 is 1. The minimum atomic E-state index is 0.223. The number of aromatic nitrogens is 1. The normalized spacial score (nSPS) is 10.2. The van der Waals surface area contributed by atoms with Gasteiger partial charge in [-0.25, -0.2) is 4.98 Å². The maximum Gasteiger partial charge on any atom is 0.214 e. The van der Waals surface area contributed by atoms with Crippen molar-refractivity contribution in [2.75, 3.05) is 13.7 Å². The molecule has 1 aromatic rings. The third-order valence-electron chi connectivity index (χ3n) is 1.96. The number of halogens is 1. The number of pyridine rings is 1. The third kappa shape index (κ3) is 3.16. The highest BCUT2D eigenvalue weighted by Gasteiger charge is 2.03. The first-order valence-electron chi connectivity index (χ1n) is 4.58. The summed E-state index contributed by atoms with van der Waals surface area (Å²) in [6.07, 6.45) is 2.56. The van der Waals surface area contributed by atoms with E-state index in [0.717, 1.165) is 24.8 Å². The summed E-state index contributed by atoms with van der Waals surface area (Å²) in [4.78, 5) is 4.05. The first-order valence-corrected chi connectivity index (χ1v) is 4.96. The molecule has 14 heavy (non-hydrogen) atoms. The average molecular weight is 216 g/mol. The number of aliphatic hydroxyl groups is 1. The molecule has 0 aliphatic heterocycles. The molecule has 1 rings (SSSR count). The molecule has 0 unspecified atom stereocenters. The number of unbranched alkanes of at least 4 members (excludes halogenated alkanes) is 1. The number of ether oxygens (including phenoxy) is 1. The van der Waals surface area contributed by atoms with Gasteiger partial charge in [0, 0.05) is 12.7 Å². The van der Waals surface area contributed by atoms with Crippen LogP contribution in [0.4, 0.5) is 0 Å². The van der Waals surface area contributed by atoms with Crippen LogP contribution in [0.3, 0.4) is 0 Å². The fraction of sp³-hybridized carbons (Fsp3) is 0.500. The monoisotopic (exact) mass is 215 g/mol. The first-order chi connectivity index (χ1) is 6.77. The lowest BCUT2D eigenvalue weighted by molar-refractivity contribution is 0.284. The van der Waals surface area contributed by atoms with Crippen LogP contribution in [0.15, 0.2) is 12.1 Å². The van der Waals surface area contributed by atoms with Crippen molar-refractivity contribution in [3.8, 4) is 5.88 Å². The van der Waals surface area contributed by atoms with Gasteiger partial charge >= 0.3 is 0 Å². The second-order valence-electron chi connectivity index (χ2n) is 2.98. The van der Waals surface area contributed by atoms with Crippen LogP contribution in [0, 0.1) is 0 Å². The molecule has 1 N–H and O–H groups in total. The lowest BCUT2D eigenvalue weighted by atomic mass is 10.1. The Kier molecular flexibility index (Phi) is 4.70. The standard InChI is InChI=1S/C10H14ClNO2/c1-14-9-6-5-8(10(11)12-9)4-2-3-7-13/h5-6,13H,2-4,7H2,1H3. The van der Waals surface area contributed by atoms with E-state index in [2.05, 4.69) is 4.98 Å². The quantitative estimate of drug-likeness (QED) is 0.604. The van der Waals surface area contributed by atoms with Crippen molar-refractivity contribution in [2.45, 2.75) is 19.3 Å². The van der Waals surface area contributed by atoms with Crippen LogP contribution < -0.4 is 4.74 Å². The summed E-state index contributed by atoms with van der Waals surface area (Å²) in [7, 11) is 1.56. The highest BCUT2D eigenvalue weighted by Crippen LogP contribution is 2.19. The molecular formula is C10H14ClNO2. The molecule has 0 radical (unpaired) electrons. The Morgan fingerprint density at radius 3 is 2.79 bits per heavy atom. The second kappa shape index (κ2) is 5.83. The minimum Gasteiger partial charge on any atom is -0.481 e. The highest BCUT2D eigenvalue weighted by atomic mass is 35.5. The molecule has 0 spiro atoms. The van der Waals surface area contributed by atoms with Crippen LogP contribution >= 0.6 is 11.6 Å².